The average Bonchev–Trinajstić information content (AvgIpc) is 3.39. The van der Waals surface area contributed by atoms with Crippen molar-refractivity contribution in [2.24, 2.45) is 0 Å². The van der Waals surface area contributed by atoms with Crippen molar-refractivity contribution in [1.82, 2.24) is 10.2 Å². The summed E-state index contributed by atoms with van der Waals surface area (Å²) in [5, 5.41) is 3.29. The van der Waals surface area contributed by atoms with Gasteiger partial charge in [0.2, 0.25) is 5.91 Å². The van der Waals surface area contributed by atoms with E-state index in [1.54, 1.807) is 0 Å². The monoisotopic (exact) mass is 302 g/mol. The summed E-state index contributed by atoms with van der Waals surface area (Å²) < 4.78 is 5.67. The molecule has 1 amide bonds. The van der Waals surface area contributed by atoms with Gasteiger partial charge in [-0.1, -0.05) is 31.2 Å². The van der Waals surface area contributed by atoms with E-state index in [4.69, 9.17) is 4.74 Å². The van der Waals surface area contributed by atoms with Gasteiger partial charge in [0.15, 0.2) is 0 Å². The van der Waals surface area contributed by atoms with Crippen LogP contribution in [0.4, 0.5) is 0 Å². The molecule has 22 heavy (non-hydrogen) atoms. The molecular weight excluding hydrogens is 276 g/mol. The van der Waals surface area contributed by atoms with Gasteiger partial charge in [-0.3, -0.25) is 4.79 Å². The summed E-state index contributed by atoms with van der Waals surface area (Å²) in [5.41, 5.74) is 2.56. The number of benzene rings is 1. The third-order valence-corrected chi connectivity index (χ3v) is 4.50. The van der Waals surface area contributed by atoms with Crippen molar-refractivity contribution in [2.75, 3.05) is 19.7 Å². The predicted molar refractivity (Wildman–Crippen MR) is 86.6 cm³/mol. The van der Waals surface area contributed by atoms with Gasteiger partial charge in [-0.15, -0.1) is 0 Å². The molecule has 1 aliphatic heterocycles. The largest absolute Gasteiger partial charge is 0.375 e. The zero-order valence-corrected chi connectivity index (χ0v) is 13.4. The minimum absolute atomic E-state index is 0.0324. The number of hydrogen-bond acceptors (Lipinski definition) is 3. The standard InChI is InChI=1S/C18H26N2O2/c1-2-14-3-5-15(6-4-14)13-20(16-7-8-16)18(21)11-17-12-19-9-10-22-17/h3-6,16-17,19H,2,7-13H2,1H3. The number of rotatable bonds is 6. The van der Waals surface area contributed by atoms with E-state index in [2.05, 4.69) is 41.4 Å². The van der Waals surface area contributed by atoms with E-state index in [1.165, 1.54) is 11.1 Å². The molecule has 1 heterocycles. The highest BCUT2D eigenvalue weighted by Gasteiger charge is 2.33. The molecule has 0 bridgehead atoms. The number of aryl methyl sites for hydroxylation is 1. The van der Waals surface area contributed by atoms with Crippen molar-refractivity contribution in [2.45, 2.75) is 51.3 Å². The molecule has 0 spiro atoms. The van der Waals surface area contributed by atoms with Crippen molar-refractivity contribution in [3.05, 3.63) is 35.4 Å². The minimum Gasteiger partial charge on any atom is -0.375 e. The Morgan fingerprint density at radius 1 is 1.27 bits per heavy atom. The highest BCUT2D eigenvalue weighted by molar-refractivity contribution is 5.77. The number of nitrogens with one attached hydrogen (secondary N) is 1. The Labute approximate surface area is 132 Å². The Kier molecular flexibility index (Phi) is 5.11. The van der Waals surface area contributed by atoms with Gasteiger partial charge >= 0.3 is 0 Å². The quantitative estimate of drug-likeness (QED) is 0.875. The van der Waals surface area contributed by atoms with Gasteiger partial charge in [0.05, 0.1) is 19.1 Å². The van der Waals surface area contributed by atoms with E-state index >= 15 is 0 Å². The summed E-state index contributed by atoms with van der Waals surface area (Å²) in [7, 11) is 0. The first-order valence-corrected chi connectivity index (χ1v) is 8.46. The molecule has 1 aliphatic carbocycles. The number of hydrogen-bond donors (Lipinski definition) is 1. The topological polar surface area (TPSA) is 41.6 Å². The number of carbonyl (C=O) groups is 1. The first kappa shape index (κ1) is 15.5. The van der Waals surface area contributed by atoms with Crippen LogP contribution in [-0.4, -0.2) is 42.6 Å². The van der Waals surface area contributed by atoms with E-state index < -0.39 is 0 Å². The maximum absolute atomic E-state index is 12.6. The van der Waals surface area contributed by atoms with E-state index in [0.717, 1.165) is 38.9 Å². The van der Waals surface area contributed by atoms with E-state index in [-0.39, 0.29) is 12.0 Å². The summed E-state index contributed by atoms with van der Waals surface area (Å²) in [6.07, 6.45) is 3.86. The van der Waals surface area contributed by atoms with E-state index in [1.807, 2.05) is 0 Å². The lowest BCUT2D eigenvalue weighted by molar-refractivity contribution is -0.136. The number of amides is 1. The van der Waals surface area contributed by atoms with Gasteiger partial charge in [0, 0.05) is 25.7 Å². The normalized spacial score (nSPS) is 21.6. The van der Waals surface area contributed by atoms with E-state index in [9.17, 15) is 4.79 Å². The maximum Gasteiger partial charge on any atom is 0.225 e. The number of ether oxygens (including phenoxy) is 1. The van der Waals surface area contributed by atoms with Crippen LogP contribution < -0.4 is 5.32 Å². The van der Waals surface area contributed by atoms with Crippen LogP contribution >= 0.6 is 0 Å². The van der Waals surface area contributed by atoms with Crippen molar-refractivity contribution in [1.29, 1.82) is 0 Å². The fraction of sp³-hybridized carbons (Fsp3) is 0.611. The Bertz CT molecular complexity index is 490. The molecule has 2 aliphatic rings. The van der Waals surface area contributed by atoms with Gasteiger partial charge in [-0.05, 0) is 30.4 Å². The van der Waals surface area contributed by atoms with Crippen molar-refractivity contribution < 1.29 is 9.53 Å². The maximum atomic E-state index is 12.6. The van der Waals surface area contributed by atoms with Crippen LogP contribution in [0, 0.1) is 0 Å². The lowest BCUT2D eigenvalue weighted by Gasteiger charge is -2.28. The molecule has 1 atom stereocenters. The van der Waals surface area contributed by atoms with Gasteiger partial charge in [0.25, 0.3) is 0 Å². The molecule has 3 rings (SSSR count). The minimum atomic E-state index is 0.0324. The molecule has 4 nitrogen and oxygen atoms in total. The van der Waals surface area contributed by atoms with Gasteiger partial charge in [0.1, 0.15) is 0 Å². The summed E-state index contributed by atoms with van der Waals surface area (Å²) in [5.74, 6) is 0.232. The first-order valence-electron chi connectivity index (χ1n) is 8.46. The van der Waals surface area contributed by atoms with Crippen LogP contribution in [0.25, 0.3) is 0 Å². The van der Waals surface area contributed by atoms with Gasteiger partial charge in [-0.2, -0.15) is 0 Å². The van der Waals surface area contributed by atoms with Crippen molar-refractivity contribution in [3.63, 3.8) is 0 Å². The summed E-state index contributed by atoms with van der Waals surface area (Å²) >= 11 is 0. The Hall–Kier alpha value is -1.39. The van der Waals surface area contributed by atoms with Gasteiger partial charge < -0.3 is 15.0 Å². The van der Waals surface area contributed by atoms with Crippen molar-refractivity contribution >= 4 is 5.91 Å². The SMILES string of the molecule is CCc1ccc(CN(C(=O)CC2CNCCO2)C2CC2)cc1. The second-order valence-electron chi connectivity index (χ2n) is 6.32. The molecule has 1 unspecified atom stereocenters. The van der Waals surface area contributed by atoms with E-state index in [0.29, 0.717) is 19.1 Å². The molecular formula is C18H26N2O2. The zero-order valence-electron chi connectivity index (χ0n) is 13.4. The molecule has 1 aromatic rings. The van der Waals surface area contributed by atoms with Crippen molar-refractivity contribution in [3.8, 4) is 0 Å². The van der Waals surface area contributed by atoms with Crippen LogP contribution in [-0.2, 0) is 22.5 Å². The molecule has 0 aromatic heterocycles. The van der Waals surface area contributed by atoms with Gasteiger partial charge in [-0.25, -0.2) is 0 Å². The Morgan fingerprint density at radius 2 is 2.00 bits per heavy atom. The fourth-order valence-electron chi connectivity index (χ4n) is 2.95. The third kappa shape index (κ3) is 4.08. The highest BCUT2D eigenvalue weighted by Crippen LogP contribution is 2.29. The average molecular weight is 302 g/mol. The zero-order chi connectivity index (χ0) is 15.4. The van der Waals surface area contributed by atoms with Crippen LogP contribution in [0.5, 0.6) is 0 Å². The molecule has 1 N–H and O–H groups in total. The number of carbonyl (C=O) groups excluding carboxylic acids is 1. The molecule has 1 saturated carbocycles. The highest BCUT2D eigenvalue weighted by atomic mass is 16.5. The first-order chi connectivity index (χ1) is 10.8. The third-order valence-electron chi connectivity index (χ3n) is 4.50. The van der Waals surface area contributed by atoms with Crippen LogP contribution in [0.3, 0.4) is 0 Å². The smallest absolute Gasteiger partial charge is 0.225 e. The molecule has 120 valence electrons. The predicted octanol–water partition coefficient (Wildman–Crippen LogP) is 2.12. The second-order valence-corrected chi connectivity index (χ2v) is 6.32. The lowest BCUT2D eigenvalue weighted by atomic mass is 10.1. The van der Waals surface area contributed by atoms with Crippen LogP contribution in [0.2, 0.25) is 0 Å². The number of nitrogens with zero attached hydrogens (tertiary/aromatic N) is 1. The molecule has 0 radical (unpaired) electrons. The van der Waals surface area contributed by atoms with Crippen LogP contribution in [0.1, 0.15) is 37.3 Å². The molecule has 2 fully saturated rings. The fourth-order valence-corrected chi connectivity index (χ4v) is 2.95. The Morgan fingerprint density at radius 3 is 2.59 bits per heavy atom. The Balaban J connectivity index is 1.60. The number of morpholine rings is 1. The summed E-state index contributed by atoms with van der Waals surface area (Å²) in [4.78, 5) is 14.7. The molecule has 4 heteroatoms. The lowest BCUT2D eigenvalue weighted by Crippen LogP contribution is -2.42. The van der Waals surface area contributed by atoms with Crippen LogP contribution in [0.15, 0.2) is 24.3 Å². The molecule has 1 saturated heterocycles. The summed E-state index contributed by atoms with van der Waals surface area (Å²) in [6, 6.07) is 9.08. The molecule has 1 aromatic carbocycles. The second kappa shape index (κ2) is 7.25. The summed E-state index contributed by atoms with van der Waals surface area (Å²) in [6.45, 7) is 5.27.